The molecule has 0 N–H and O–H groups in total. The molecule has 1 unspecified atom stereocenters. The summed E-state index contributed by atoms with van der Waals surface area (Å²) in [6.07, 6.45) is 1.24. The molecule has 0 amide bonds. The van der Waals surface area contributed by atoms with Crippen molar-refractivity contribution in [2.75, 3.05) is 5.75 Å². The molecule has 0 aromatic heterocycles. The van der Waals surface area contributed by atoms with Crippen molar-refractivity contribution in [1.29, 1.82) is 0 Å². The maximum atomic E-state index is 5.99. The summed E-state index contributed by atoms with van der Waals surface area (Å²) >= 11 is 7.88. The maximum absolute atomic E-state index is 5.99. The van der Waals surface area contributed by atoms with E-state index in [1.807, 2.05) is 23.9 Å². The summed E-state index contributed by atoms with van der Waals surface area (Å²) in [4.78, 5) is 1.29. The molecular weight excluding hydrogens is 212 g/mol. The van der Waals surface area contributed by atoms with Gasteiger partial charge in [0.05, 0.1) is 0 Å². The van der Waals surface area contributed by atoms with Crippen LogP contribution in [0.15, 0.2) is 23.1 Å². The lowest BCUT2D eigenvalue weighted by Gasteiger charge is -2.08. The number of rotatable bonds is 4. The quantitative estimate of drug-likeness (QED) is 0.668. The lowest BCUT2D eigenvalue weighted by atomic mass is 10.2. The Bertz CT molecular complexity index is 276. The average molecular weight is 229 g/mol. The van der Waals surface area contributed by atoms with E-state index in [0.717, 1.165) is 10.9 Å². The first kappa shape index (κ1) is 11.9. The number of halogens is 1. The van der Waals surface area contributed by atoms with Crippen LogP contribution in [0.4, 0.5) is 0 Å². The molecule has 0 nitrogen and oxygen atoms in total. The zero-order valence-electron chi connectivity index (χ0n) is 9.01. The van der Waals surface area contributed by atoms with E-state index >= 15 is 0 Å². The van der Waals surface area contributed by atoms with Gasteiger partial charge in [0, 0.05) is 15.7 Å². The minimum absolute atomic E-state index is 0.777. The first-order valence-corrected chi connectivity index (χ1v) is 6.38. The highest BCUT2D eigenvalue weighted by Crippen LogP contribution is 2.26. The van der Waals surface area contributed by atoms with Gasteiger partial charge in [-0.3, -0.25) is 0 Å². The summed E-state index contributed by atoms with van der Waals surface area (Å²) in [7, 11) is 0. The summed E-state index contributed by atoms with van der Waals surface area (Å²) in [6, 6.07) is 6.23. The Labute approximate surface area is 96.0 Å². The number of benzene rings is 1. The summed E-state index contributed by atoms with van der Waals surface area (Å²) in [5.74, 6) is 1.95. The van der Waals surface area contributed by atoms with E-state index in [2.05, 4.69) is 26.8 Å². The second-order valence-corrected chi connectivity index (χ2v) is 5.32. The molecule has 14 heavy (non-hydrogen) atoms. The van der Waals surface area contributed by atoms with Crippen LogP contribution >= 0.6 is 23.4 Å². The average Bonchev–Trinajstić information content (AvgIpc) is 2.12. The molecule has 0 fully saturated rings. The van der Waals surface area contributed by atoms with Crippen molar-refractivity contribution in [1.82, 2.24) is 0 Å². The smallest absolute Gasteiger partial charge is 0.0419 e. The van der Waals surface area contributed by atoms with Crippen LogP contribution in [0.3, 0.4) is 0 Å². The third-order valence-corrected chi connectivity index (χ3v) is 3.77. The van der Waals surface area contributed by atoms with E-state index in [9.17, 15) is 0 Å². The number of hydrogen-bond acceptors (Lipinski definition) is 1. The van der Waals surface area contributed by atoms with Gasteiger partial charge in [-0.15, -0.1) is 11.8 Å². The topological polar surface area (TPSA) is 0 Å². The molecule has 78 valence electrons. The van der Waals surface area contributed by atoms with E-state index in [4.69, 9.17) is 11.6 Å². The van der Waals surface area contributed by atoms with Crippen molar-refractivity contribution in [3.63, 3.8) is 0 Å². The standard InChI is InChI=1S/C12H17ClS/c1-4-9(2)8-14-12-6-10(3)5-11(13)7-12/h5-7,9H,4,8H2,1-3H3. The minimum Gasteiger partial charge on any atom is -0.126 e. The second-order valence-electron chi connectivity index (χ2n) is 3.79. The summed E-state index contributed by atoms with van der Waals surface area (Å²) in [5.41, 5.74) is 1.24. The highest BCUT2D eigenvalue weighted by atomic mass is 35.5. The molecule has 1 atom stereocenters. The Balaban J connectivity index is 2.58. The van der Waals surface area contributed by atoms with Gasteiger partial charge in [-0.1, -0.05) is 31.9 Å². The molecule has 0 aliphatic carbocycles. The Hall–Kier alpha value is -0.140. The fourth-order valence-electron chi connectivity index (χ4n) is 1.14. The van der Waals surface area contributed by atoms with Gasteiger partial charge in [-0.2, -0.15) is 0 Å². The number of thioether (sulfide) groups is 1. The van der Waals surface area contributed by atoms with Gasteiger partial charge in [0.15, 0.2) is 0 Å². The first-order valence-electron chi connectivity index (χ1n) is 5.01. The molecule has 0 radical (unpaired) electrons. The van der Waals surface area contributed by atoms with Crippen molar-refractivity contribution in [3.05, 3.63) is 28.8 Å². The summed E-state index contributed by atoms with van der Waals surface area (Å²) in [5, 5.41) is 0.844. The molecule has 0 aliphatic heterocycles. The highest BCUT2D eigenvalue weighted by Gasteiger charge is 2.01. The monoisotopic (exact) mass is 228 g/mol. The molecule has 1 aromatic rings. The molecule has 2 heteroatoms. The van der Waals surface area contributed by atoms with Gasteiger partial charge < -0.3 is 0 Å². The van der Waals surface area contributed by atoms with Crippen LogP contribution in [0.1, 0.15) is 25.8 Å². The Kier molecular flexibility index (Phi) is 4.83. The van der Waals surface area contributed by atoms with Gasteiger partial charge in [0.2, 0.25) is 0 Å². The lowest BCUT2D eigenvalue weighted by Crippen LogP contribution is -1.94. The number of hydrogen-bond donors (Lipinski definition) is 0. The molecule has 0 aliphatic rings. The molecule has 0 saturated heterocycles. The molecule has 0 bridgehead atoms. The predicted molar refractivity (Wildman–Crippen MR) is 66.4 cm³/mol. The lowest BCUT2D eigenvalue weighted by molar-refractivity contribution is 0.637. The zero-order valence-corrected chi connectivity index (χ0v) is 10.6. The molecule has 1 rings (SSSR count). The van der Waals surface area contributed by atoms with Crippen LogP contribution in [0.2, 0.25) is 5.02 Å². The van der Waals surface area contributed by atoms with Crippen LogP contribution in [-0.4, -0.2) is 5.75 Å². The molecular formula is C12H17ClS. The van der Waals surface area contributed by atoms with E-state index < -0.39 is 0 Å². The van der Waals surface area contributed by atoms with E-state index in [1.54, 1.807) is 0 Å². The van der Waals surface area contributed by atoms with Crippen LogP contribution in [0.5, 0.6) is 0 Å². The van der Waals surface area contributed by atoms with E-state index in [0.29, 0.717) is 0 Å². The van der Waals surface area contributed by atoms with Crippen LogP contribution in [0.25, 0.3) is 0 Å². The van der Waals surface area contributed by atoms with Crippen molar-refractivity contribution in [2.24, 2.45) is 5.92 Å². The van der Waals surface area contributed by atoms with Gasteiger partial charge in [-0.25, -0.2) is 0 Å². The highest BCUT2D eigenvalue weighted by molar-refractivity contribution is 7.99. The van der Waals surface area contributed by atoms with Gasteiger partial charge in [0.25, 0.3) is 0 Å². The summed E-state index contributed by atoms with van der Waals surface area (Å²) < 4.78 is 0. The van der Waals surface area contributed by atoms with Crippen LogP contribution < -0.4 is 0 Å². The Morgan fingerprint density at radius 3 is 2.64 bits per heavy atom. The first-order chi connectivity index (χ1) is 6.61. The van der Waals surface area contributed by atoms with E-state index in [-0.39, 0.29) is 0 Å². The summed E-state index contributed by atoms with van der Waals surface area (Å²) in [6.45, 7) is 6.60. The van der Waals surface area contributed by atoms with Crippen molar-refractivity contribution < 1.29 is 0 Å². The molecule has 0 spiro atoms. The van der Waals surface area contributed by atoms with Crippen LogP contribution in [0, 0.1) is 12.8 Å². The molecule has 0 heterocycles. The van der Waals surface area contributed by atoms with Crippen molar-refractivity contribution in [2.45, 2.75) is 32.1 Å². The third-order valence-electron chi connectivity index (χ3n) is 2.25. The maximum Gasteiger partial charge on any atom is 0.0419 e. The van der Waals surface area contributed by atoms with Crippen LogP contribution in [-0.2, 0) is 0 Å². The third kappa shape index (κ3) is 3.93. The molecule has 0 saturated carbocycles. The Morgan fingerprint density at radius 2 is 2.07 bits per heavy atom. The normalized spacial score (nSPS) is 12.9. The van der Waals surface area contributed by atoms with Gasteiger partial charge >= 0.3 is 0 Å². The van der Waals surface area contributed by atoms with Crippen molar-refractivity contribution >= 4 is 23.4 Å². The van der Waals surface area contributed by atoms with Gasteiger partial charge in [-0.05, 0) is 36.6 Å². The largest absolute Gasteiger partial charge is 0.126 e. The zero-order chi connectivity index (χ0) is 10.6. The fraction of sp³-hybridized carbons (Fsp3) is 0.500. The predicted octanol–water partition coefficient (Wildman–Crippen LogP) is 4.79. The molecule has 1 aromatic carbocycles. The number of aryl methyl sites for hydroxylation is 1. The van der Waals surface area contributed by atoms with E-state index in [1.165, 1.54) is 22.6 Å². The minimum atomic E-state index is 0.777. The fourth-order valence-corrected chi connectivity index (χ4v) is 2.69. The second kappa shape index (κ2) is 5.67. The van der Waals surface area contributed by atoms with Gasteiger partial charge in [0.1, 0.15) is 0 Å². The SMILES string of the molecule is CCC(C)CSc1cc(C)cc(Cl)c1. The Morgan fingerprint density at radius 1 is 1.36 bits per heavy atom. The van der Waals surface area contributed by atoms with Crippen molar-refractivity contribution in [3.8, 4) is 0 Å².